The highest BCUT2D eigenvalue weighted by molar-refractivity contribution is 5.48. The second kappa shape index (κ2) is 4.28. The van der Waals surface area contributed by atoms with Crippen LogP contribution in [0.5, 0.6) is 0 Å². The summed E-state index contributed by atoms with van der Waals surface area (Å²) < 4.78 is 0. The summed E-state index contributed by atoms with van der Waals surface area (Å²) in [6, 6.07) is 8.23. The predicted octanol–water partition coefficient (Wildman–Crippen LogP) is 2.02. The van der Waals surface area contributed by atoms with E-state index in [1.165, 1.54) is 5.56 Å². The lowest BCUT2D eigenvalue weighted by Crippen LogP contribution is -2.28. The molecule has 2 heteroatoms. The summed E-state index contributed by atoms with van der Waals surface area (Å²) in [6.45, 7) is 3.89. The summed E-state index contributed by atoms with van der Waals surface area (Å²) in [5, 5.41) is 9.36. The first-order valence-corrected chi connectivity index (χ1v) is 4.65. The smallest absolute Gasteiger partial charge is 0.123 e. The molecular formula is C11H17NO. The summed E-state index contributed by atoms with van der Waals surface area (Å²) in [5.74, 6) is 0. The molecule has 0 bridgehead atoms. The first kappa shape index (κ1) is 10.1. The van der Waals surface area contributed by atoms with Crippen molar-refractivity contribution in [3.63, 3.8) is 0 Å². The lowest BCUT2D eigenvalue weighted by atomic mass is 10.1. The molecule has 2 nitrogen and oxygen atoms in total. The van der Waals surface area contributed by atoms with E-state index in [2.05, 4.69) is 19.1 Å². The quantitative estimate of drug-likeness (QED) is 0.718. The first-order valence-electron chi connectivity index (χ1n) is 4.65. The van der Waals surface area contributed by atoms with Crippen LogP contribution in [0.2, 0.25) is 0 Å². The van der Waals surface area contributed by atoms with Crippen LogP contribution in [0.4, 0.5) is 5.69 Å². The van der Waals surface area contributed by atoms with Crippen molar-refractivity contribution in [2.45, 2.75) is 26.5 Å². The summed E-state index contributed by atoms with van der Waals surface area (Å²) in [5.41, 5.74) is 2.36. The van der Waals surface area contributed by atoms with Crippen molar-refractivity contribution in [1.29, 1.82) is 0 Å². The minimum absolute atomic E-state index is 0.438. The largest absolute Gasteiger partial charge is 0.374 e. The molecule has 1 aromatic carbocycles. The molecule has 0 fully saturated rings. The molecule has 0 amide bonds. The molecule has 0 saturated heterocycles. The maximum Gasteiger partial charge on any atom is 0.123 e. The lowest BCUT2D eigenvalue weighted by Gasteiger charge is -2.22. The van der Waals surface area contributed by atoms with E-state index in [1.54, 1.807) is 6.92 Å². The minimum atomic E-state index is -0.438. The molecule has 1 rings (SSSR count). The van der Waals surface area contributed by atoms with Gasteiger partial charge in [0.1, 0.15) is 6.23 Å². The third-order valence-electron chi connectivity index (χ3n) is 2.29. The molecule has 0 radical (unpaired) electrons. The van der Waals surface area contributed by atoms with Gasteiger partial charge in [-0.3, -0.25) is 0 Å². The van der Waals surface area contributed by atoms with E-state index >= 15 is 0 Å². The van der Waals surface area contributed by atoms with Crippen LogP contribution in [0.25, 0.3) is 0 Å². The maximum absolute atomic E-state index is 9.36. The van der Waals surface area contributed by atoms with Crippen molar-refractivity contribution >= 4 is 5.69 Å². The van der Waals surface area contributed by atoms with Gasteiger partial charge in [-0.25, -0.2) is 0 Å². The van der Waals surface area contributed by atoms with Gasteiger partial charge in [-0.1, -0.05) is 19.1 Å². The van der Waals surface area contributed by atoms with Crippen LogP contribution in [-0.4, -0.2) is 18.4 Å². The van der Waals surface area contributed by atoms with Gasteiger partial charge < -0.3 is 10.0 Å². The molecule has 0 aliphatic rings. The third kappa shape index (κ3) is 2.46. The van der Waals surface area contributed by atoms with Gasteiger partial charge in [0.2, 0.25) is 0 Å². The van der Waals surface area contributed by atoms with Crippen LogP contribution in [0.15, 0.2) is 24.3 Å². The van der Waals surface area contributed by atoms with Crippen molar-refractivity contribution in [2.24, 2.45) is 0 Å². The third-order valence-corrected chi connectivity index (χ3v) is 2.29. The normalized spacial score (nSPS) is 12.6. The Morgan fingerprint density at radius 3 is 2.69 bits per heavy atom. The fourth-order valence-corrected chi connectivity index (χ4v) is 1.21. The molecule has 1 N–H and O–H groups in total. The van der Waals surface area contributed by atoms with Crippen LogP contribution in [-0.2, 0) is 6.42 Å². The average molecular weight is 179 g/mol. The molecule has 13 heavy (non-hydrogen) atoms. The number of hydrogen-bond acceptors (Lipinski definition) is 2. The highest BCUT2D eigenvalue weighted by Crippen LogP contribution is 2.16. The number of anilines is 1. The van der Waals surface area contributed by atoms with E-state index in [0.717, 1.165) is 12.1 Å². The Bertz CT molecular complexity index is 271. The van der Waals surface area contributed by atoms with Crippen LogP contribution >= 0.6 is 0 Å². The van der Waals surface area contributed by atoms with Gasteiger partial charge in [0.25, 0.3) is 0 Å². The van der Waals surface area contributed by atoms with Gasteiger partial charge in [0, 0.05) is 12.7 Å². The second-order valence-corrected chi connectivity index (χ2v) is 3.27. The number of hydrogen-bond donors (Lipinski definition) is 1. The van der Waals surface area contributed by atoms with Crippen molar-refractivity contribution in [3.05, 3.63) is 29.8 Å². The molecule has 0 aliphatic heterocycles. The summed E-state index contributed by atoms with van der Waals surface area (Å²) >= 11 is 0. The molecule has 0 aliphatic carbocycles. The highest BCUT2D eigenvalue weighted by atomic mass is 16.3. The van der Waals surface area contributed by atoms with Crippen molar-refractivity contribution in [2.75, 3.05) is 11.9 Å². The van der Waals surface area contributed by atoms with Crippen LogP contribution in [0.1, 0.15) is 19.4 Å². The first-order chi connectivity index (χ1) is 6.15. The molecule has 0 heterocycles. The van der Waals surface area contributed by atoms with Crippen molar-refractivity contribution in [1.82, 2.24) is 0 Å². The van der Waals surface area contributed by atoms with Crippen LogP contribution < -0.4 is 4.90 Å². The van der Waals surface area contributed by atoms with E-state index in [4.69, 9.17) is 0 Å². The number of rotatable bonds is 3. The molecule has 1 atom stereocenters. The minimum Gasteiger partial charge on any atom is -0.374 e. The second-order valence-electron chi connectivity index (χ2n) is 3.27. The number of aliphatic hydroxyl groups excluding tert-OH is 1. The van der Waals surface area contributed by atoms with Gasteiger partial charge in [0.15, 0.2) is 0 Å². The van der Waals surface area contributed by atoms with Crippen molar-refractivity contribution < 1.29 is 5.11 Å². The van der Waals surface area contributed by atoms with Gasteiger partial charge >= 0.3 is 0 Å². The van der Waals surface area contributed by atoms with E-state index in [-0.39, 0.29) is 0 Å². The maximum atomic E-state index is 9.36. The number of aliphatic hydroxyl groups is 1. The monoisotopic (exact) mass is 179 g/mol. The Balaban J connectivity index is 2.88. The van der Waals surface area contributed by atoms with E-state index in [9.17, 15) is 5.11 Å². The molecule has 0 saturated carbocycles. The standard InChI is InChI=1S/C11H17NO/c1-4-10-6-5-7-11(8-10)12(3)9(2)13/h5-9,13H,4H2,1-3H3. The van der Waals surface area contributed by atoms with E-state index < -0.39 is 6.23 Å². The van der Waals surface area contributed by atoms with Crippen LogP contribution in [0, 0.1) is 0 Å². The zero-order valence-electron chi connectivity index (χ0n) is 8.49. The van der Waals surface area contributed by atoms with Crippen LogP contribution in [0.3, 0.4) is 0 Å². The topological polar surface area (TPSA) is 23.5 Å². The average Bonchev–Trinajstić information content (AvgIpc) is 2.16. The zero-order chi connectivity index (χ0) is 9.84. The van der Waals surface area contributed by atoms with Gasteiger partial charge in [-0.05, 0) is 31.0 Å². The molecule has 72 valence electrons. The Labute approximate surface area is 79.8 Å². The molecule has 1 unspecified atom stereocenters. The van der Waals surface area contributed by atoms with E-state index in [1.807, 2.05) is 24.1 Å². The molecule has 1 aromatic rings. The lowest BCUT2D eigenvalue weighted by molar-refractivity contribution is 0.195. The van der Waals surface area contributed by atoms with Gasteiger partial charge in [-0.2, -0.15) is 0 Å². The Kier molecular flexibility index (Phi) is 3.32. The number of aryl methyl sites for hydroxylation is 1. The molecule has 0 aromatic heterocycles. The molecule has 0 spiro atoms. The van der Waals surface area contributed by atoms with E-state index in [0.29, 0.717) is 0 Å². The summed E-state index contributed by atoms with van der Waals surface area (Å²) in [4.78, 5) is 1.85. The fourth-order valence-electron chi connectivity index (χ4n) is 1.21. The van der Waals surface area contributed by atoms with Gasteiger partial charge in [-0.15, -0.1) is 0 Å². The molecular weight excluding hydrogens is 162 g/mol. The highest BCUT2D eigenvalue weighted by Gasteiger charge is 2.05. The Morgan fingerprint density at radius 2 is 2.15 bits per heavy atom. The fraction of sp³-hybridized carbons (Fsp3) is 0.455. The zero-order valence-corrected chi connectivity index (χ0v) is 8.49. The van der Waals surface area contributed by atoms with Crippen molar-refractivity contribution in [3.8, 4) is 0 Å². The number of nitrogens with zero attached hydrogens (tertiary/aromatic N) is 1. The Hall–Kier alpha value is -1.02. The SMILES string of the molecule is CCc1cccc(N(C)C(C)O)c1. The van der Waals surface area contributed by atoms with Gasteiger partial charge in [0.05, 0.1) is 0 Å². The Morgan fingerprint density at radius 1 is 1.46 bits per heavy atom. The summed E-state index contributed by atoms with van der Waals surface area (Å²) in [6.07, 6.45) is 0.591. The number of benzene rings is 1. The predicted molar refractivity (Wildman–Crippen MR) is 55.9 cm³/mol. The summed E-state index contributed by atoms with van der Waals surface area (Å²) in [7, 11) is 1.89.